The van der Waals surface area contributed by atoms with Crippen LogP contribution in [-0.2, 0) is 15.9 Å². The summed E-state index contributed by atoms with van der Waals surface area (Å²) >= 11 is 8.49. The first-order valence-corrected chi connectivity index (χ1v) is 13.5. The van der Waals surface area contributed by atoms with Crippen molar-refractivity contribution in [2.45, 2.75) is 18.8 Å². The Morgan fingerprint density at radius 3 is 2.65 bits per heavy atom. The average Bonchev–Trinajstić information content (AvgIpc) is 3.56. The summed E-state index contributed by atoms with van der Waals surface area (Å²) in [6, 6.07) is 20.7. The van der Waals surface area contributed by atoms with E-state index in [-0.39, 0.29) is 12.3 Å². The lowest BCUT2D eigenvalue weighted by Gasteiger charge is -2.35. The zero-order valence-corrected chi connectivity index (χ0v) is 22.7. The molecule has 3 aromatic carbocycles. The predicted octanol–water partition coefficient (Wildman–Crippen LogP) is 6.32. The van der Waals surface area contributed by atoms with Gasteiger partial charge >= 0.3 is 6.09 Å². The zero-order valence-electron chi connectivity index (χ0n) is 19.8. The summed E-state index contributed by atoms with van der Waals surface area (Å²) in [6.45, 7) is 2.00. The third-order valence-corrected chi connectivity index (χ3v) is 7.76. The molecule has 37 heavy (non-hydrogen) atoms. The number of ether oxygens (including phenoxy) is 4. The maximum absolute atomic E-state index is 13.5. The Morgan fingerprint density at radius 2 is 1.86 bits per heavy atom. The van der Waals surface area contributed by atoms with Gasteiger partial charge < -0.3 is 23.9 Å². The second-order valence-corrected chi connectivity index (χ2v) is 10.5. The molecule has 2 aliphatic heterocycles. The van der Waals surface area contributed by atoms with Crippen LogP contribution in [0.25, 0.3) is 10.9 Å². The van der Waals surface area contributed by atoms with Crippen LogP contribution in [0.1, 0.15) is 22.9 Å². The molecule has 1 aromatic heterocycles. The smallest absolute Gasteiger partial charge is 0.416 e. The zero-order chi connectivity index (χ0) is 25.4. The maximum atomic E-state index is 13.5. The molecule has 3 heterocycles. The number of carbonyl (C=O) groups is 1. The lowest BCUT2D eigenvalue weighted by molar-refractivity contribution is -0.0684. The van der Waals surface area contributed by atoms with Gasteiger partial charge in [-0.25, -0.2) is 4.79 Å². The van der Waals surface area contributed by atoms with Gasteiger partial charge in [-0.05, 0) is 82.6 Å². The van der Waals surface area contributed by atoms with Gasteiger partial charge in [0.05, 0.1) is 16.8 Å². The molecular formula is C28H24ClIN2O5. The van der Waals surface area contributed by atoms with E-state index in [1.54, 1.807) is 11.0 Å². The van der Waals surface area contributed by atoms with Crippen LogP contribution in [0.2, 0.25) is 5.02 Å². The van der Waals surface area contributed by atoms with E-state index < -0.39 is 6.09 Å². The summed E-state index contributed by atoms with van der Waals surface area (Å²) in [5, 5.41) is 1.76. The van der Waals surface area contributed by atoms with E-state index in [2.05, 4.69) is 27.6 Å². The van der Waals surface area contributed by atoms with Crippen molar-refractivity contribution < 1.29 is 23.7 Å². The number of rotatable bonds is 5. The van der Waals surface area contributed by atoms with Crippen LogP contribution in [0.3, 0.4) is 0 Å². The highest BCUT2D eigenvalue weighted by molar-refractivity contribution is 14.1. The molecule has 190 valence electrons. The Balaban J connectivity index is 1.33. The number of fused-ring (bicyclic) bond motifs is 3. The Labute approximate surface area is 232 Å². The first kappa shape index (κ1) is 24.5. The minimum Gasteiger partial charge on any atom is -0.488 e. The second-order valence-electron chi connectivity index (χ2n) is 8.90. The van der Waals surface area contributed by atoms with Crippen molar-refractivity contribution in [3.8, 4) is 11.5 Å². The summed E-state index contributed by atoms with van der Waals surface area (Å²) < 4.78 is 23.5. The summed E-state index contributed by atoms with van der Waals surface area (Å²) in [6.07, 6.45) is -0.0486. The van der Waals surface area contributed by atoms with E-state index in [0.29, 0.717) is 49.3 Å². The quantitative estimate of drug-likeness (QED) is 0.261. The standard InChI is InChI=1S/C28H24ClIN2O5/c29-18-7-10-23-21(15-18)20-11-12-32(28(33)37-24-4-2-1-3-22(24)30)27(26(20)31-23)17-5-8-19(9-6-17)36-16-25-34-13-14-35-25/h1-10,15,25,27,31H,11-14,16H2. The summed E-state index contributed by atoms with van der Waals surface area (Å²) in [4.78, 5) is 18.8. The Morgan fingerprint density at radius 1 is 1.08 bits per heavy atom. The molecule has 1 N–H and O–H groups in total. The molecule has 1 unspecified atom stereocenters. The van der Waals surface area contributed by atoms with Crippen LogP contribution in [0, 0.1) is 3.57 Å². The molecule has 0 radical (unpaired) electrons. The fourth-order valence-electron chi connectivity index (χ4n) is 4.90. The number of amides is 1. The van der Waals surface area contributed by atoms with Crippen molar-refractivity contribution in [3.05, 3.63) is 92.1 Å². The monoisotopic (exact) mass is 630 g/mol. The molecule has 7 nitrogen and oxygen atoms in total. The van der Waals surface area contributed by atoms with E-state index >= 15 is 0 Å². The molecule has 2 aliphatic rings. The lowest BCUT2D eigenvalue weighted by atomic mass is 9.92. The first-order chi connectivity index (χ1) is 18.1. The molecule has 0 spiro atoms. The molecule has 1 atom stereocenters. The Kier molecular flexibility index (Phi) is 6.98. The summed E-state index contributed by atoms with van der Waals surface area (Å²) in [5.74, 6) is 1.25. The van der Waals surface area contributed by atoms with Crippen molar-refractivity contribution in [3.63, 3.8) is 0 Å². The number of hydrogen-bond acceptors (Lipinski definition) is 5. The summed E-state index contributed by atoms with van der Waals surface area (Å²) in [5.41, 5.74) is 4.06. The molecule has 9 heteroatoms. The number of hydrogen-bond donors (Lipinski definition) is 1. The van der Waals surface area contributed by atoms with Gasteiger partial charge in [0, 0.05) is 28.2 Å². The van der Waals surface area contributed by atoms with E-state index in [9.17, 15) is 4.79 Å². The van der Waals surface area contributed by atoms with Crippen LogP contribution < -0.4 is 9.47 Å². The largest absolute Gasteiger partial charge is 0.488 e. The predicted molar refractivity (Wildman–Crippen MR) is 148 cm³/mol. The van der Waals surface area contributed by atoms with Gasteiger partial charge in [-0.3, -0.25) is 4.90 Å². The number of benzene rings is 3. The molecule has 0 saturated carbocycles. The lowest BCUT2D eigenvalue weighted by Crippen LogP contribution is -2.42. The van der Waals surface area contributed by atoms with Crippen LogP contribution >= 0.6 is 34.2 Å². The van der Waals surface area contributed by atoms with E-state index in [4.69, 9.17) is 30.5 Å². The number of carbonyl (C=O) groups excluding carboxylic acids is 1. The van der Waals surface area contributed by atoms with Crippen LogP contribution in [-0.4, -0.2) is 48.6 Å². The third-order valence-electron chi connectivity index (χ3n) is 6.63. The number of nitrogens with zero attached hydrogens (tertiary/aromatic N) is 1. The van der Waals surface area contributed by atoms with Crippen molar-refractivity contribution in [2.24, 2.45) is 0 Å². The molecule has 1 saturated heterocycles. The third kappa shape index (κ3) is 5.03. The van der Waals surface area contributed by atoms with Gasteiger partial charge in [0.1, 0.15) is 24.1 Å². The summed E-state index contributed by atoms with van der Waals surface area (Å²) in [7, 11) is 0. The highest BCUT2D eigenvalue weighted by Gasteiger charge is 2.36. The Bertz CT molecular complexity index is 1430. The van der Waals surface area contributed by atoms with E-state index in [1.165, 1.54) is 0 Å². The number of nitrogens with one attached hydrogen (secondary N) is 1. The van der Waals surface area contributed by atoms with Crippen LogP contribution in [0.15, 0.2) is 66.7 Å². The van der Waals surface area contributed by atoms with Gasteiger partial charge in [0.15, 0.2) is 6.29 Å². The molecule has 1 amide bonds. The molecular weight excluding hydrogens is 607 g/mol. The fraction of sp³-hybridized carbons (Fsp3) is 0.250. The van der Waals surface area contributed by atoms with Crippen molar-refractivity contribution >= 4 is 51.2 Å². The highest BCUT2D eigenvalue weighted by Crippen LogP contribution is 2.40. The minimum atomic E-state index is -0.396. The number of para-hydroxylation sites is 1. The topological polar surface area (TPSA) is 73.0 Å². The average molecular weight is 631 g/mol. The molecule has 1 fully saturated rings. The van der Waals surface area contributed by atoms with Crippen LogP contribution in [0.4, 0.5) is 4.79 Å². The van der Waals surface area contributed by atoms with Gasteiger partial charge in [-0.15, -0.1) is 0 Å². The molecule has 6 rings (SSSR count). The van der Waals surface area contributed by atoms with E-state index in [1.807, 2.05) is 60.7 Å². The Hall–Kier alpha value is -2.79. The van der Waals surface area contributed by atoms with Gasteiger partial charge in [-0.1, -0.05) is 35.9 Å². The SMILES string of the molecule is O=C(Oc1ccccc1I)N1CCc2c([nH]c3ccc(Cl)cc23)C1c1ccc(OCC2OCCO2)cc1. The number of aromatic nitrogens is 1. The second kappa shape index (κ2) is 10.5. The molecule has 4 aromatic rings. The van der Waals surface area contributed by atoms with E-state index in [0.717, 1.165) is 31.3 Å². The first-order valence-electron chi connectivity index (χ1n) is 12.1. The fourth-order valence-corrected chi connectivity index (χ4v) is 5.57. The van der Waals surface area contributed by atoms with Crippen molar-refractivity contribution in [2.75, 3.05) is 26.4 Å². The number of H-pyrrole nitrogens is 1. The van der Waals surface area contributed by atoms with Crippen molar-refractivity contribution in [1.82, 2.24) is 9.88 Å². The minimum absolute atomic E-state index is 0.323. The highest BCUT2D eigenvalue weighted by atomic mass is 127. The maximum Gasteiger partial charge on any atom is 0.416 e. The number of halogens is 2. The normalized spacial score (nSPS) is 17.7. The number of aromatic amines is 1. The van der Waals surface area contributed by atoms with Crippen LogP contribution in [0.5, 0.6) is 11.5 Å². The molecule has 0 aliphatic carbocycles. The van der Waals surface area contributed by atoms with Gasteiger partial charge in [-0.2, -0.15) is 0 Å². The molecule has 0 bridgehead atoms. The van der Waals surface area contributed by atoms with Gasteiger partial charge in [0.25, 0.3) is 0 Å². The van der Waals surface area contributed by atoms with Gasteiger partial charge in [0.2, 0.25) is 0 Å². The van der Waals surface area contributed by atoms with Crippen molar-refractivity contribution in [1.29, 1.82) is 0 Å².